The summed E-state index contributed by atoms with van der Waals surface area (Å²) in [5.41, 5.74) is 6.43. The number of benzene rings is 1. The van der Waals surface area contributed by atoms with Crippen LogP contribution in [0.3, 0.4) is 0 Å². The number of anilines is 1. The molecule has 0 bridgehead atoms. The first-order valence-electron chi connectivity index (χ1n) is 6.35. The molecule has 4 heteroatoms. The molecule has 0 amide bonds. The standard InChI is InChI=1S/C14H24N2O2/c1-12(2)16(7-9-17-3)8-10-18-14-6-4-5-13(15)11-14/h4-6,11-12H,7-10,15H2,1-3H3. The van der Waals surface area contributed by atoms with Gasteiger partial charge < -0.3 is 15.2 Å². The minimum Gasteiger partial charge on any atom is -0.492 e. The van der Waals surface area contributed by atoms with Crippen LogP contribution in [0.2, 0.25) is 0 Å². The first-order chi connectivity index (χ1) is 8.63. The molecule has 102 valence electrons. The summed E-state index contributed by atoms with van der Waals surface area (Å²) >= 11 is 0. The monoisotopic (exact) mass is 252 g/mol. The van der Waals surface area contributed by atoms with Crippen molar-refractivity contribution >= 4 is 5.69 Å². The Balaban J connectivity index is 2.34. The van der Waals surface area contributed by atoms with Crippen molar-refractivity contribution in [1.82, 2.24) is 4.90 Å². The summed E-state index contributed by atoms with van der Waals surface area (Å²) in [6, 6.07) is 8.01. The van der Waals surface area contributed by atoms with Gasteiger partial charge in [0.05, 0.1) is 6.61 Å². The fourth-order valence-corrected chi connectivity index (χ4v) is 1.72. The third kappa shape index (κ3) is 5.38. The van der Waals surface area contributed by atoms with Crippen molar-refractivity contribution in [2.24, 2.45) is 0 Å². The Morgan fingerprint density at radius 2 is 1.94 bits per heavy atom. The van der Waals surface area contributed by atoms with E-state index in [-0.39, 0.29) is 0 Å². The predicted octanol–water partition coefficient (Wildman–Crippen LogP) is 2.00. The van der Waals surface area contributed by atoms with Gasteiger partial charge in [-0.05, 0) is 26.0 Å². The Bertz CT molecular complexity index is 342. The van der Waals surface area contributed by atoms with E-state index < -0.39 is 0 Å². The summed E-state index contributed by atoms with van der Waals surface area (Å²) in [6.45, 7) is 7.57. The molecule has 0 saturated carbocycles. The average Bonchev–Trinajstić information content (AvgIpc) is 2.33. The van der Waals surface area contributed by atoms with Gasteiger partial charge >= 0.3 is 0 Å². The Hall–Kier alpha value is -1.26. The largest absolute Gasteiger partial charge is 0.492 e. The van der Waals surface area contributed by atoms with Gasteiger partial charge in [-0.3, -0.25) is 4.90 Å². The van der Waals surface area contributed by atoms with E-state index in [1.807, 2.05) is 24.3 Å². The van der Waals surface area contributed by atoms with E-state index in [9.17, 15) is 0 Å². The normalized spacial score (nSPS) is 11.2. The van der Waals surface area contributed by atoms with Crippen LogP contribution in [0.1, 0.15) is 13.8 Å². The summed E-state index contributed by atoms with van der Waals surface area (Å²) in [4.78, 5) is 2.33. The highest BCUT2D eigenvalue weighted by Crippen LogP contribution is 2.14. The second-order valence-corrected chi connectivity index (χ2v) is 4.54. The molecular weight excluding hydrogens is 228 g/mol. The van der Waals surface area contributed by atoms with E-state index in [1.165, 1.54) is 0 Å². The maximum Gasteiger partial charge on any atom is 0.121 e. The lowest BCUT2D eigenvalue weighted by molar-refractivity contribution is 0.116. The van der Waals surface area contributed by atoms with E-state index in [2.05, 4.69) is 18.7 Å². The molecule has 0 heterocycles. The SMILES string of the molecule is COCCN(CCOc1cccc(N)c1)C(C)C. The number of hydrogen-bond donors (Lipinski definition) is 1. The molecule has 1 aromatic carbocycles. The molecule has 0 aliphatic heterocycles. The predicted molar refractivity (Wildman–Crippen MR) is 74.9 cm³/mol. The van der Waals surface area contributed by atoms with Gasteiger partial charge in [-0.25, -0.2) is 0 Å². The molecule has 0 aliphatic carbocycles. The number of nitrogen functional groups attached to an aromatic ring is 1. The Morgan fingerprint density at radius 1 is 1.22 bits per heavy atom. The molecule has 0 aliphatic rings. The summed E-state index contributed by atoms with van der Waals surface area (Å²) in [7, 11) is 1.72. The molecule has 0 fully saturated rings. The van der Waals surface area contributed by atoms with Crippen LogP contribution in [0.25, 0.3) is 0 Å². The molecule has 0 atom stereocenters. The fourth-order valence-electron chi connectivity index (χ4n) is 1.72. The Labute approximate surface area is 110 Å². The van der Waals surface area contributed by atoms with Crippen molar-refractivity contribution in [3.8, 4) is 5.75 Å². The minimum atomic E-state index is 0.490. The van der Waals surface area contributed by atoms with Crippen molar-refractivity contribution in [3.05, 3.63) is 24.3 Å². The van der Waals surface area contributed by atoms with Crippen molar-refractivity contribution in [2.75, 3.05) is 39.1 Å². The topological polar surface area (TPSA) is 47.7 Å². The zero-order valence-corrected chi connectivity index (χ0v) is 11.6. The van der Waals surface area contributed by atoms with E-state index in [0.717, 1.165) is 31.1 Å². The summed E-state index contributed by atoms with van der Waals surface area (Å²) in [6.07, 6.45) is 0. The molecule has 0 saturated heterocycles. The maximum atomic E-state index is 5.70. The third-order valence-corrected chi connectivity index (χ3v) is 2.82. The van der Waals surface area contributed by atoms with E-state index in [4.69, 9.17) is 15.2 Å². The number of hydrogen-bond acceptors (Lipinski definition) is 4. The molecule has 0 aromatic heterocycles. The third-order valence-electron chi connectivity index (χ3n) is 2.82. The molecule has 0 spiro atoms. The maximum absolute atomic E-state index is 5.70. The average molecular weight is 252 g/mol. The van der Waals surface area contributed by atoms with E-state index >= 15 is 0 Å². The van der Waals surface area contributed by atoms with Crippen molar-refractivity contribution in [2.45, 2.75) is 19.9 Å². The number of ether oxygens (including phenoxy) is 2. The van der Waals surface area contributed by atoms with Gasteiger partial charge in [0.15, 0.2) is 0 Å². The van der Waals surface area contributed by atoms with Crippen LogP contribution in [0.5, 0.6) is 5.75 Å². The van der Waals surface area contributed by atoms with Crippen LogP contribution in [0.4, 0.5) is 5.69 Å². The molecular formula is C14H24N2O2. The summed E-state index contributed by atoms with van der Waals surface area (Å²) < 4.78 is 10.8. The zero-order valence-electron chi connectivity index (χ0n) is 11.6. The van der Waals surface area contributed by atoms with Gasteiger partial charge in [0.2, 0.25) is 0 Å². The first-order valence-corrected chi connectivity index (χ1v) is 6.35. The fraction of sp³-hybridized carbons (Fsp3) is 0.571. The molecule has 0 unspecified atom stereocenters. The van der Waals surface area contributed by atoms with Crippen molar-refractivity contribution in [3.63, 3.8) is 0 Å². The highest BCUT2D eigenvalue weighted by Gasteiger charge is 2.08. The van der Waals surface area contributed by atoms with Crippen molar-refractivity contribution < 1.29 is 9.47 Å². The van der Waals surface area contributed by atoms with Gasteiger partial charge in [-0.2, -0.15) is 0 Å². The van der Waals surface area contributed by atoms with Crippen LogP contribution in [0.15, 0.2) is 24.3 Å². The minimum absolute atomic E-state index is 0.490. The molecule has 0 radical (unpaired) electrons. The van der Waals surface area contributed by atoms with Gasteiger partial charge in [0.25, 0.3) is 0 Å². The number of nitrogens with zero attached hydrogens (tertiary/aromatic N) is 1. The van der Waals surface area contributed by atoms with E-state index in [0.29, 0.717) is 12.6 Å². The lowest BCUT2D eigenvalue weighted by Crippen LogP contribution is -2.37. The van der Waals surface area contributed by atoms with Crippen LogP contribution in [0, 0.1) is 0 Å². The van der Waals surface area contributed by atoms with Crippen LogP contribution < -0.4 is 10.5 Å². The van der Waals surface area contributed by atoms with Crippen LogP contribution in [-0.4, -0.2) is 44.4 Å². The summed E-state index contributed by atoms with van der Waals surface area (Å²) in [5.74, 6) is 0.824. The highest BCUT2D eigenvalue weighted by molar-refractivity contribution is 5.43. The molecule has 1 rings (SSSR count). The second kappa shape index (κ2) is 7.95. The van der Waals surface area contributed by atoms with Gasteiger partial charge in [-0.1, -0.05) is 6.07 Å². The molecule has 18 heavy (non-hydrogen) atoms. The number of rotatable bonds is 8. The smallest absolute Gasteiger partial charge is 0.121 e. The van der Waals surface area contributed by atoms with E-state index in [1.54, 1.807) is 7.11 Å². The molecule has 1 aromatic rings. The number of methoxy groups -OCH3 is 1. The second-order valence-electron chi connectivity index (χ2n) is 4.54. The lowest BCUT2D eigenvalue weighted by atomic mass is 10.3. The lowest BCUT2D eigenvalue weighted by Gasteiger charge is -2.25. The molecule has 4 nitrogen and oxygen atoms in total. The zero-order chi connectivity index (χ0) is 13.4. The van der Waals surface area contributed by atoms with Crippen LogP contribution in [-0.2, 0) is 4.74 Å². The number of nitrogens with two attached hydrogens (primary N) is 1. The van der Waals surface area contributed by atoms with Gasteiger partial charge in [-0.15, -0.1) is 0 Å². The quantitative estimate of drug-likeness (QED) is 0.719. The Morgan fingerprint density at radius 3 is 2.56 bits per heavy atom. The first kappa shape index (κ1) is 14.8. The van der Waals surface area contributed by atoms with Gasteiger partial charge in [0.1, 0.15) is 12.4 Å². The van der Waals surface area contributed by atoms with Crippen molar-refractivity contribution in [1.29, 1.82) is 0 Å². The summed E-state index contributed by atoms with van der Waals surface area (Å²) in [5, 5.41) is 0. The highest BCUT2D eigenvalue weighted by atomic mass is 16.5. The van der Waals surface area contributed by atoms with Gasteiger partial charge in [0, 0.05) is 38.0 Å². The molecule has 2 N–H and O–H groups in total. The van der Waals surface area contributed by atoms with Crippen LogP contribution >= 0.6 is 0 Å². The Kier molecular flexibility index (Phi) is 6.54.